The van der Waals surface area contributed by atoms with Gasteiger partial charge in [0.1, 0.15) is 12.4 Å². The van der Waals surface area contributed by atoms with Crippen LogP contribution in [0.5, 0.6) is 5.75 Å². The van der Waals surface area contributed by atoms with Crippen LogP contribution in [0.25, 0.3) is 0 Å². The van der Waals surface area contributed by atoms with Crippen molar-refractivity contribution >= 4 is 11.6 Å². The molecule has 1 heterocycles. The number of aromatic nitrogens is 1. The van der Waals surface area contributed by atoms with Gasteiger partial charge in [0.05, 0.1) is 11.3 Å². The Kier molecular flexibility index (Phi) is 5.72. The van der Waals surface area contributed by atoms with E-state index in [1.807, 2.05) is 61.5 Å². The Morgan fingerprint density at radius 2 is 1.77 bits per heavy atom. The molecule has 2 aromatic carbocycles. The van der Waals surface area contributed by atoms with Crippen molar-refractivity contribution in [3.05, 3.63) is 95.8 Å². The van der Waals surface area contributed by atoms with E-state index in [1.54, 1.807) is 18.3 Å². The number of nitrogens with zero attached hydrogens (tertiary/aromatic N) is 2. The lowest BCUT2D eigenvalue weighted by molar-refractivity contribution is 0.0954. The average molecular weight is 345 g/mol. The fraction of sp³-hybridized carbons (Fsp3) is 0.0952. The van der Waals surface area contributed by atoms with Crippen LogP contribution in [0.3, 0.4) is 0 Å². The number of amides is 1. The van der Waals surface area contributed by atoms with Crippen LogP contribution < -0.4 is 10.2 Å². The van der Waals surface area contributed by atoms with Crippen LogP contribution in [-0.2, 0) is 6.61 Å². The first-order chi connectivity index (χ1) is 12.7. The summed E-state index contributed by atoms with van der Waals surface area (Å²) in [6, 6.07) is 21.0. The molecule has 0 saturated carbocycles. The molecule has 0 radical (unpaired) electrons. The fourth-order valence-electron chi connectivity index (χ4n) is 2.29. The van der Waals surface area contributed by atoms with E-state index < -0.39 is 0 Å². The molecule has 0 unspecified atom stereocenters. The number of hydrazone groups is 1. The van der Waals surface area contributed by atoms with Gasteiger partial charge in [0.2, 0.25) is 0 Å². The predicted octanol–water partition coefficient (Wildman–Crippen LogP) is 3.81. The van der Waals surface area contributed by atoms with Crippen LogP contribution in [-0.4, -0.2) is 16.6 Å². The third-order valence-electron chi connectivity index (χ3n) is 3.77. The molecule has 5 nitrogen and oxygen atoms in total. The minimum Gasteiger partial charge on any atom is -0.489 e. The van der Waals surface area contributed by atoms with Gasteiger partial charge in [-0.1, -0.05) is 30.3 Å². The van der Waals surface area contributed by atoms with E-state index in [1.165, 1.54) is 6.20 Å². The summed E-state index contributed by atoms with van der Waals surface area (Å²) >= 11 is 0. The standard InChI is InChI=1S/C21H19N3O2/c1-16(23-24-21(25)19-8-5-13-22-14-19)18-9-11-20(12-10-18)26-15-17-6-3-2-4-7-17/h2-14H,15H2,1H3,(H,24,25)/b23-16-. The van der Waals surface area contributed by atoms with Crippen molar-refractivity contribution in [2.75, 3.05) is 0 Å². The Bertz CT molecular complexity index is 876. The summed E-state index contributed by atoms with van der Waals surface area (Å²) in [5.41, 5.74) is 5.73. The van der Waals surface area contributed by atoms with Gasteiger partial charge in [-0.2, -0.15) is 5.10 Å². The molecule has 0 atom stereocenters. The van der Waals surface area contributed by atoms with Gasteiger partial charge < -0.3 is 4.74 Å². The van der Waals surface area contributed by atoms with Crippen molar-refractivity contribution < 1.29 is 9.53 Å². The van der Waals surface area contributed by atoms with Crippen LogP contribution in [0.2, 0.25) is 0 Å². The number of hydrogen-bond donors (Lipinski definition) is 1. The third kappa shape index (κ3) is 4.77. The summed E-state index contributed by atoms with van der Waals surface area (Å²) < 4.78 is 5.77. The first-order valence-electron chi connectivity index (χ1n) is 8.24. The number of carbonyl (C=O) groups excluding carboxylic acids is 1. The second kappa shape index (κ2) is 8.58. The quantitative estimate of drug-likeness (QED) is 0.546. The number of hydrogen-bond acceptors (Lipinski definition) is 4. The van der Waals surface area contributed by atoms with Crippen LogP contribution >= 0.6 is 0 Å². The lowest BCUT2D eigenvalue weighted by Crippen LogP contribution is -2.19. The van der Waals surface area contributed by atoms with Gasteiger partial charge in [-0.3, -0.25) is 9.78 Å². The Hall–Kier alpha value is -3.47. The first kappa shape index (κ1) is 17.4. The van der Waals surface area contributed by atoms with Crippen molar-refractivity contribution in [3.8, 4) is 5.75 Å². The largest absolute Gasteiger partial charge is 0.489 e. The highest BCUT2D eigenvalue weighted by Gasteiger charge is 2.05. The van der Waals surface area contributed by atoms with Gasteiger partial charge in [-0.15, -0.1) is 0 Å². The molecule has 0 aliphatic heterocycles. The Balaban J connectivity index is 1.58. The zero-order valence-electron chi connectivity index (χ0n) is 14.4. The maximum atomic E-state index is 12.0. The number of nitrogens with one attached hydrogen (secondary N) is 1. The van der Waals surface area contributed by atoms with Crippen LogP contribution in [0, 0.1) is 0 Å². The second-order valence-electron chi connectivity index (χ2n) is 5.68. The molecular formula is C21H19N3O2. The van der Waals surface area contributed by atoms with Gasteiger partial charge in [-0.05, 0) is 54.4 Å². The van der Waals surface area contributed by atoms with Crippen molar-refractivity contribution in [2.24, 2.45) is 5.10 Å². The van der Waals surface area contributed by atoms with E-state index >= 15 is 0 Å². The Labute approximate surface area is 152 Å². The number of benzene rings is 2. The van der Waals surface area contributed by atoms with E-state index in [0.29, 0.717) is 17.9 Å². The monoisotopic (exact) mass is 345 g/mol. The summed E-state index contributed by atoms with van der Waals surface area (Å²) in [5.74, 6) is 0.491. The lowest BCUT2D eigenvalue weighted by atomic mass is 10.1. The summed E-state index contributed by atoms with van der Waals surface area (Å²) in [4.78, 5) is 15.9. The summed E-state index contributed by atoms with van der Waals surface area (Å²) in [5, 5.41) is 4.14. The van der Waals surface area contributed by atoms with E-state index in [-0.39, 0.29) is 5.91 Å². The number of carbonyl (C=O) groups is 1. The summed E-state index contributed by atoms with van der Waals surface area (Å²) in [6.45, 7) is 2.36. The van der Waals surface area contributed by atoms with Gasteiger partial charge in [0.15, 0.2) is 0 Å². The highest BCUT2D eigenvalue weighted by molar-refractivity contribution is 6.00. The summed E-state index contributed by atoms with van der Waals surface area (Å²) in [7, 11) is 0. The zero-order valence-corrected chi connectivity index (χ0v) is 14.4. The molecule has 0 fully saturated rings. The van der Waals surface area contributed by atoms with Gasteiger partial charge in [-0.25, -0.2) is 5.43 Å². The minimum absolute atomic E-state index is 0.291. The van der Waals surface area contributed by atoms with Crippen molar-refractivity contribution in [1.29, 1.82) is 0 Å². The zero-order chi connectivity index (χ0) is 18.2. The number of ether oxygens (including phenoxy) is 1. The van der Waals surface area contributed by atoms with E-state index in [4.69, 9.17) is 4.74 Å². The smallest absolute Gasteiger partial charge is 0.272 e. The molecule has 1 amide bonds. The molecule has 1 aromatic heterocycles. The average Bonchev–Trinajstić information content (AvgIpc) is 2.72. The molecule has 3 rings (SSSR count). The van der Waals surface area contributed by atoms with Crippen molar-refractivity contribution in [2.45, 2.75) is 13.5 Å². The van der Waals surface area contributed by atoms with Gasteiger partial charge >= 0.3 is 0 Å². The van der Waals surface area contributed by atoms with E-state index in [2.05, 4.69) is 15.5 Å². The van der Waals surface area contributed by atoms with Crippen LogP contribution in [0.15, 0.2) is 84.2 Å². The molecule has 3 aromatic rings. The molecule has 0 spiro atoms. The summed E-state index contributed by atoms with van der Waals surface area (Å²) in [6.07, 6.45) is 3.12. The highest BCUT2D eigenvalue weighted by Crippen LogP contribution is 2.14. The molecule has 130 valence electrons. The van der Waals surface area contributed by atoms with E-state index in [9.17, 15) is 4.79 Å². The molecule has 0 aliphatic carbocycles. The molecule has 0 saturated heterocycles. The first-order valence-corrected chi connectivity index (χ1v) is 8.24. The SMILES string of the molecule is C/C(=N/NC(=O)c1cccnc1)c1ccc(OCc2ccccc2)cc1. The maximum Gasteiger partial charge on any atom is 0.272 e. The minimum atomic E-state index is -0.291. The fourth-order valence-corrected chi connectivity index (χ4v) is 2.29. The lowest BCUT2D eigenvalue weighted by Gasteiger charge is -2.07. The molecule has 26 heavy (non-hydrogen) atoms. The number of pyridine rings is 1. The maximum absolute atomic E-state index is 12.0. The molecule has 1 N–H and O–H groups in total. The topological polar surface area (TPSA) is 63.6 Å². The highest BCUT2D eigenvalue weighted by atomic mass is 16.5. The van der Waals surface area contributed by atoms with Gasteiger partial charge in [0.25, 0.3) is 5.91 Å². The van der Waals surface area contributed by atoms with Crippen LogP contribution in [0.4, 0.5) is 0 Å². The van der Waals surface area contributed by atoms with E-state index in [0.717, 1.165) is 16.9 Å². The molecule has 0 bridgehead atoms. The van der Waals surface area contributed by atoms with Crippen molar-refractivity contribution in [3.63, 3.8) is 0 Å². The molecule has 0 aliphatic rings. The second-order valence-corrected chi connectivity index (χ2v) is 5.68. The number of rotatable bonds is 6. The Morgan fingerprint density at radius 1 is 1.00 bits per heavy atom. The third-order valence-corrected chi connectivity index (χ3v) is 3.77. The van der Waals surface area contributed by atoms with Crippen molar-refractivity contribution in [1.82, 2.24) is 10.4 Å². The van der Waals surface area contributed by atoms with Crippen LogP contribution in [0.1, 0.15) is 28.4 Å². The van der Waals surface area contributed by atoms with Gasteiger partial charge in [0, 0.05) is 12.4 Å². The Morgan fingerprint density at radius 3 is 2.46 bits per heavy atom. The predicted molar refractivity (Wildman–Crippen MR) is 101 cm³/mol. The molecule has 5 heteroatoms. The normalized spacial score (nSPS) is 11.0. The molecular weight excluding hydrogens is 326 g/mol.